The van der Waals surface area contributed by atoms with Gasteiger partial charge in [0.05, 0.1) is 17.0 Å². The van der Waals surface area contributed by atoms with Crippen molar-refractivity contribution in [2.24, 2.45) is 0 Å². The van der Waals surface area contributed by atoms with Gasteiger partial charge in [0.1, 0.15) is 5.82 Å². The maximum absolute atomic E-state index is 12.5. The van der Waals surface area contributed by atoms with Crippen LogP contribution in [0.25, 0.3) is 0 Å². The number of anilines is 6. The Morgan fingerprint density at radius 1 is 0.946 bits per heavy atom. The zero-order valence-electron chi connectivity index (χ0n) is 21.7. The van der Waals surface area contributed by atoms with Crippen LogP contribution < -0.4 is 20.3 Å². The molecule has 1 aliphatic heterocycles. The van der Waals surface area contributed by atoms with Crippen LogP contribution in [0.15, 0.2) is 54.7 Å². The van der Waals surface area contributed by atoms with Crippen LogP contribution in [0, 0.1) is 0 Å². The second-order valence-corrected chi connectivity index (χ2v) is 12.5. The third-order valence-corrected chi connectivity index (χ3v) is 8.33. The lowest BCUT2D eigenvalue weighted by atomic mass is 10.2. The molecule has 11 heteroatoms. The molecule has 37 heavy (non-hydrogen) atoms. The van der Waals surface area contributed by atoms with Crippen LogP contribution >= 0.6 is 0 Å². The molecule has 0 unspecified atom stereocenters. The number of hydrogen-bond donors (Lipinski definition) is 4. The fourth-order valence-electron chi connectivity index (χ4n) is 3.75. The van der Waals surface area contributed by atoms with Gasteiger partial charge < -0.3 is 25.5 Å². The highest BCUT2D eigenvalue weighted by atomic mass is 32.2. The van der Waals surface area contributed by atoms with Crippen LogP contribution in [0.1, 0.15) is 26.3 Å². The van der Waals surface area contributed by atoms with Gasteiger partial charge in [-0.2, -0.15) is 4.98 Å². The highest BCUT2D eigenvalue weighted by Gasteiger charge is 2.28. The Morgan fingerprint density at radius 2 is 1.62 bits per heavy atom. The molecule has 3 aromatic rings. The van der Waals surface area contributed by atoms with Gasteiger partial charge in [-0.15, -0.1) is 0 Å². The fourth-order valence-corrected chi connectivity index (χ4v) is 4.49. The molecule has 0 aliphatic carbocycles. The van der Waals surface area contributed by atoms with E-state index in [-0.39, 0.29) is 6.61 Å². The highest BCUT2D eigenvalue weighted by molar-refractivity contribution is 7.94. The van der Waals surface area contributed by atoms with Crippen LogP contribution in [0.5, 0.6) is 0 Å². The highest BCUT2D eigenvalue weighted by Crippen LogP contribution is 2.26. The predicted molar refractivity (Wildman–Crippen MR) is 149 cm³/mol. The van der Waals surface area contributed by atoms with Gasteiger partial charge in [0.15, 0.2) is 0 Å². The minimum atomic E-state index is -3.57. The van der Waals surface area contributed by atoms with Gasteiger partial charge in [0, 0.05) is 55.0 Å². The monoisotopic (exact) mass is 525 g/mol. The van der Waals surface area contributed by atoms with E-state index in [2.05, 4.69) is 54.3 Å². The van der Waals surface area contributed by atoms with Crippen molar-refractivity contribution in [3.8, 4) is 0 Å². The number of hydrogen-bond acceptors (Lipinski definition) is 9. The molecule has 0 spiro atoms. The number of aliphatic hydroxyl groups is 1. The summed E-state index contributed by atoms with van der Waals surface area (Å²) in [5.41, 5.74) is 3.58. The Kier molecular flexibility index (Phi) is 7.86. The molecule has 1 saturated heterocycles. The number of aliphatic hydroxyl groups excluding tert-OH is 1. The first-order chi connectivity index (χ1) is 17.5. The van der Waals surface area contributed by atoms with Crippen molar-refractivity contribution >= 4 is 44.5 Å². The smallest absolute Gasteiger partial charge is 0.237 e. The van der Waals surface area contributed by atoms with E-state index < -0.39 is 14.8 Å². The van der Waals surface area contributed by atoms with Crippen molar-refractivity contribution in [3.63, 3.8) is 0 Å². The van der Waals surface area contributed by atoms with Crippen molar-refractivity contribution in [3.05, 3.63) is 60.3 Å². The number of nitrogens with one attached hydrogen (secondary N) is 3. The number of nitrogens with zero attached hydrogens (tertiary/aromatic N) is 4. The SMILES string of the molecule is CN1CCN(c2ccc(Nc3ncc(CO)c(Nc4cccc(NS(=O)(=O)C(C)(C)C)c4)n3)cc2)CC1. The molecule has 1 aliphatic rings. The summed E-state index contributed by atoms with van der Waals surface area (Å²) in [6.45, 7) is 8.77. The first-order valence-corrected chi connectivity index (χ1v) is 13.7. The Hall–Kier alpha value is -3.41. The molecule has 4 N–H and O–H groups in total. The van der Waals surface area contributed by atoms with Crippen LogP contribution in [-0.2, 0) is 16.6 Å². The van der Waals surface area contributed by atoms with Gasteiger partial charge in [-0.3, -0.25) is 4.72 Å². The first kappa shape index (κ1) is 26.6. The van der Waals surface area contributed by atoms with E-state index in [1.54, 1.807) is 51.2 Å². The summed E-state index contributed by atoms with van der Waals surface area (Å²) >= 11 is 0. The molecule has 198 valence electrons. The van der Waals surface area contributed by atoms with Crippen molar-refractivity contribution < 1.29 is 13.5 Å². The summed E-state index contributed by atoms with van der Waals surface area (Å²) in [7, 11) is -1.43. The minimum Gasteiger partial charge on any atom is -0.391 e. The van der Waals surface area contributed by atoms with Crippen LogP contribution in [-0.4, -0.2) is 66.4 Å². The Morgan fingerprint density at radius 3 is 2.27 bits per heavy atom. The zero-order valence-corrected chi connectivity index (χ0v) is 22.5. The quantitative estimate of drug-likeness (QED) is 0.348. The largest absolute Gasteiger partial charge is 0.391 e. The second kappa shape index (κ2) is 10.9. The van der Waals surface area contributed by atoms with Crippen molar-refractivity contribution in [2.45, 2.75) is 32.1 Å². The second-order valence-electron chi connectivity index (χ2n) is 10.1. The van der Waals surface area contributed by atoms with E-state index >= 15 is 0 Å². The average molecular weight is 526 g/mol. The molecular formula is C26H35N7O3S. The third-order valence-electron chi connectivity index (χ3n) is 6.21. The molecular weight excluding hydrogens is 490 g/mol. The molecule has 2 heterocycles. The molecule has 10 nitrogen and oxygen atoms in total. The maximum atomic E-state index is 12.5. The zero-order chi connectivity index (χ0) is 26.6. The van der Waals surface area contributed by atoms with Crippen LogP contribution in [0.4, 0.5) is 34.5 Å². The summed E-state index contributed by atoms with van der Waals surface area (Å²) in [4.78, 5) is 13.6. The normalized spacial score (nSPS) is 14.9. The Bertz CT molecular complexity index is 1320. The molecule has 0 bridgehead atoms. The lowest BCUT2D eigenvalue weighted by Crippen LogP contribution is -2.44. The van der Waals surface area contributed by atoms with Crippen LogP contribution in [0.2, 0.25) is 0 Å². The van der Waals surface area contributed by atoms with E-state index in [1.165, 1.54) is 5.69 Å². The number of piperazine rings is 1. The third kappa shape index (κ3) is 6.68. The van der Waals surface area contributed by atoms with E-state index in [1.807, 2.05) is 12.1 Å². The van der Waals surface area contributed by atoms with Crippen molar-refractivity contribution in [2.75, 3.05) is 53.5 Å². The van der Waals surface area contributed by atoms with E-state index in [4.69, 9.17) is 0 Å². The Balaban J connectivity index is 1.48. The fraction of sp³-hybridized carbons (Fsp3) is 0.385. The molecule has 1 aromatic heterocycles. The number of likely N-dealkylation sites (N-methyl/N-ethyl adjacent to an activating group) is 1. The first-order valence-electron chi connectivity index (χ1n) is 12.2. The van der Waals surface area contributed by atoms with E-state index in [0.717, 1.165) is 31.9 Å². The standard InChI is InChI=1S/C26H35N7O3S/c1-26(2,3)37(35,36)31-22-7-5-6-21(16-22)28-24-19(18-34)17-27-25(30-24)29-20-8-10-23(11-9-20)33-14-12-32(4)13-15-33/h5-11,16-17,31,34H,12-15,18H2,1-4H3,(H2,27,28,29,30). The number of aromatic nitrogens is 2. The molecule has 2 aromatic carbocycles. The predicted octanol–water partition coefficient (Wildman–Crippen LogP) is 3.75. The molecule has 0 radical (unpaired) electrons. The van der Waals surface area contributed by atoms with Crippen molar-refractivity contribution in [1.29, 1.82) is 0 Å². The molecule has 0 saturated carbocycles. The summed E-state index contributed by atoms with van der Waals surface area (Å²) in [5.74, 6) is 0.793. The van der Waals surface area contributed by atoms with E-state index in [9.17, 15) is 13.5 Å². The molecule has 0 amide bonds. The molecule has 1 fully saturated rings. The Labute approximate surface area is 218 Å². The summed E-state index contributed by atoms with van der Waals surface area (Å²) in [6.07, 6.45) is 1.56. The lowest BCUT2D eigenvalue weighted by molar-refractivity contribution is 0.281. The van der Waals surface area contributed by atoms with Crippen molar-refractivity contribution in [1.82, 2.24) is 14.9 Å². The van der Waals surface area contributed by atoms with Gasteiger partial charge in [-0.05, 0) is 70.3 Å². The molecule has 4 rings (SSSR count). The van der Waals surface area contributed by atoms with Gasteiger partial charge in [-0.25, -0.2) is 13.4 Å². The average Bonchev–Trinajstić information content (AvgIpc) is 2.85. The number of benzene rings is 2. The molecule has 0 atom stereocenters. The van der Waals surface area contributed by atoms with E-state index in [0.29, 0.717) is 28.7 Å². The van der Waals surface area contributed by atoms with Gasteiger partial charge >= 0.3 is 0 Å². The van der Waals surface area contributed by atoms with Gasteiger partial charge in [-0.1, -0.05) is 6.07 Å². The number of rotatable bonds is 8. The topological polar surface area (TPSA) is 123 Å². The minimum absolute atomic E-state index is 0.251. The van der Waals surface area contributed by atoms with Crippen LogP contribution in [0.3, 0.4) is 0 Å². The van der Waals surface area contributed by atoms with Gasteiger partial charge in [0.2, 0.25) is 16.0 Å². The summed E-state index contributed by atoms with van der Waals surface area (Å²) in [6, 6.07) is 15.0. The number of sulfonamides is 1. The summed E-state index contributed by atoms with van der Waals surface area (Å²) < 4.78 is 26.7. The summed E-state index contributed by atoms with van der Waals surface area (Å²) in [5, 5.41) is 16.2. The lowest BCUT2D eigenvalue weighted by Gasteiger charge is -2.34. The maximum Gasteiger partial charge on any atom is 0.237 e. The van der Waals surface area contributed by atoms with Gasteiger partial charge in [0.25, 0.3) is 0 Å².